The second kappa shape index (κ2) is 4.21. The molecule has 0 aromatic heterocycles. The monoisotopic (exact) mass is 309 g/mol. The molecule has 4 aliphatic carbocycles. The highest BCUT2D eigenvalue weighted by molar-refractivity contribution is 5.41. The van der Waals surface area contributed by atoms with Gasteiger partial charge in [-0.2, -0.15) is 0 Å². The quantitative estimate of drug-likeness (QED) is 0.856. The number of benzene rings is 1. The maximum atomic E-state index is 10.5. The number of rotatable bonds is 1. The first-order chi connectivity index (χ1) is 11.2. The predicted molar refractivity (Wildman–Crippen MR) is 90.2 cm³/mol. The van der Waals surface area contributed by atoms with E-state index in [0.29, 0.717) is 0 Å². The Hall–Kier alpha value is -0.860. The van der Waals surface area contributed by atoms with E-state index in [1.54, 1.807) is 6.42 Å². The van der Waals surface area contributed by atoms with E-state index in [4.69, 9.17) is 0 Å². The topological polar surface area (TPSA) is 23.5 Å². The molecule has 0 radical (unpaired) electrons. The molecule has 2 heteroatoms. The minimum atomic E-state index is -0.230. The Labute approximate surface area is 138 Å². The molecule has 2 spiro atoms. The summed E-state index contributed by atoms with van der Waals surface area (Å²) < 4.78 is 0. The number of hydrogen-bond acceptors (Lipinski definition) is 2. The molecule has 1 heterocycles. The van der Waals surface area contributed by atoms with E-state index in [2.05, 4.69) is 29.2 Å². The molecular formula is C21H27NO. The average Bonchev–Trinajstić information content (AvgIpc) is 3.15. The third-order valence-corrected chi connectivity index (χ3v) is 8.60. The number of nitrogens with zero attached hydrogens (tertiary/aromatic N) is 1. The van der Waals surface area contributed by atoms with Crippen LogP contribution in [-0.4, -0.2) is 29.1 Å². The van der Waals surface area contributed by atoms with Gasteiger partial charge in [-0.15, -0.1) is 0 Å². The standard InChI is InChI=1S/C21H27NO/c23-19-13-20(16-4-2-1-3-15(16)19)7-9-22(10-8-20)18-12-21-11-14(21)5-6-17(18)21/h1-4,14,17-19,23H,5-13H2/t14-,17-,18+,19?,21?/m0/s1. The highest BCUT2D eigenvalue weighted by Crippen LogP contribution is 2.76. The van der Waals surface area contributed by atoms with Crippen LogP contribution in [0.2, 0.25) is 0 Å². The van der Waals surface area contributed by atoms with Gasteiger partial charge in [-0.25, -0.2) is 0 Å². The molecule has 1 N–H and O–H groups in total. The summed E-state index contributed by atoms with van der Waals surface area (Å²) in [5.41, 5.74) is 3.78. The molecule has 2 nitrogen and oxygen atoms in total. The van der Waals surface area contributed by atoms with Gasteiger partial charge < -0.3 is 10.0 Å². The van der Waals surface area contributed by atoms with Crippen molar-refractivity contribution in [2.45, 2.75) is 62.5 Å². The van der Waals surface area contributed by atoms with Crippen LogP contribution in [0.4, 0.5) is 0 Å². The molecule has 0 bridgehead atoms. The number of fused-ring (bicyclic) bond motifs is 2. The zero-order valence-corrected chi connectivity index (χ0v) is 13.9. The van der Waals surface area contributed by atoms with Gasteiger partial charge >= 0.3 is 0 Å². The van der Waals surface area contributed by atoms with Crippen molar-refractivity contribution in [1.29, 1.82) is 0 Å². The predicted octanol–water partition coefficient (Wildman–Crippen LogP) is 3.65. The summed E-state index contributed by atoms with van der Waals surface area (Å²) in [6.07, 6.45) is 9.34. The second-order valence-electron chi connectivity index (χ2n) is 9.21. The molecule has 1 aliphatic heterocycles. The average molecular weight is 309 g/mol. The fourth-order valence-electron chi connectivity index (χ4n) is 7.26. The van der Waals surface area contributed by atoms with E-state index in [0.717, 1.165) is 29.7 Å². The van der Waals surface area contributed by atoms with Gasteiger partial charge in [0.15, 0.2) is 0 Å². The Bertz CT molecular complexity index is 660. The maximum absolute atomic E-state index is 10.5. The molecule has 3 saturated carbocycles. The van der Waals surface area contributed by atoms with Crippen LogP contribution in [0.1, 0.15) is 62.2 Å². The van der Waals surface area contributed by atoms with Crippen molar-refractivity contribution in [3.63, 3.8) is 0 Å². The lowest BCUT2D eigenvalue weighted by Gasteiger charge is -2.53. The number of piperidine rings is 1. The summed E-state index contributed by atoms with van der Waals surface area (Å²) >= 11 is 0. The fraction of sp³-hybridized carbons (Fsp3) is 0.714. The molecule has 6 rings (SSSR count). The molecule has 1 saturated heterocycles. The van der Waals surface area contributed by atoms with Crippen LogP contribution in [-0.2, 0) is 5.41 Å². The van der Waals surface area contributed by atoms with Crippen molar-refractivity contribution in [1.82, 2.24) is 4.90 Å². The zero-order chi connectivity index (χ0) is 15.2. The third kappa shape index (κ3) is 1.57. The van der Waals surface area contributed by atoms with Crippen molar-refractivity contribution in [3.8, 4) is 0 Å². The smallest absolute Gasteiger partial charge is 0.0801 e. The van der Waals surface area contributed by atoms with Gasteiger partial charge in [0.25, 0.3) is 0 Å². The highest BCUT2D eigenvalue weighted by atomic mass is 16.3. The first kappa shape index (κ1) is 13.4. The van der Waals surface area contributed by atoms with E-state index in [1.165, 1.54) is 56.3 Å². The van der Waals surface area contributed by atoms with Gasteiger partial charge in [0.1, 0.15) is 0 Å². The highest BCUT2D eigenvalue weighted by Gasteiger charge is 2.71. The molecule has 4 fully saturated rings. The summed E-state index contributed by atoms with van der Waals surface area (Å²) in [6, 6.07) is 9.57. The van der Waals surface area contributed by atoms with Crippen molar-refractivity contribution in [3.05, 3.63) is 35.4 Å². The van der Waals surface area contributed by atoms with Crippen molar-refractivity contribution < 1.29 is 5.11 Å². The van der Waals surface area contributed by atoms with Crippen LogP contribution in [0.3, 0.4) is 0 Å². The van der Waals surface area contributed by atoms with E-state index in [9.17, 15) is 5.11 Å². The summed E-state index contributed by atoms with van der Waals surface area (Å²) in [7, 11) is 0. The van der Waals surface area contributed by atoms with Crippen LogP contribution in [0.5, 0.6) is 0 Å². The number of hydrogen-bond donors (Lipinski definition) is 1. The van der Waals surface area contributed by atoms with Crippen molar-refractivity contribution in [2.75, 3.05) is 13.1 Å². The summed E-state index contributed by atoms with van der Waals surface area (Å²) in [5, 5.41) is 10.5. The number of aliphatic hydroxyl groups is 1. The summed E-state index contributed by atoms with van der Waals surface area (Å²) in [5.74, 6) is 2.17. The second-order valence-corrected chi connectivity index (χ2v) is 9.21. The molecule has 5 atom stereocenters. The molecular weight excluding hydrogens is 282 g/mol. The summed E-state index contributed by atoms with van der Waals surface area (Å²) in [6.45, 7) is 2.51. The molecule has 1 aromatic rings. The van der Waals surface area contributed by atoms with Crippen LogP contribution in [0.25, 0.3) is 0 Å². The molecule has 5 aliphatic rings. The maximum Gasteiger partial charge on any atom is 0.0801 e. The molecule has 1 aromatic carbocycles. The van der Waals surface area contributed by atoms with Crippen molar-refractivity contribution >= 4 is 0 Å². The minimum absolute atomic E-state index is 0.230. The Kier molecular flexibility index (Phi) is 2.46. The van der Waals surface area contributed by atoms with E-state index < -0.39 is 0 Å². The number of aliphatic hydroxyl groups excluding tert-OH is 1. The van der Waals surface area contributed by atoms with Crippen LogP contribution < -0.4 is 0 Å². The Morgan fingerprint density at radius 3 is 2.61 bits per heavy atom. The van der Waals surface area contributed by atoms with E-state index >= 15 is 0 Å². The van der Waals surface area contributed by atoms with E-state index in [1.807, 2.05) is 0 Å². The zero-order valence-electron chi connectivity index (χ0n) is 13.9. The largest absolute Gasteiger partial charge is 0.388 e. The van der Waals surface area contributed by atoms with Crippen LogP contribution in [0.15, 0.2) is 24.3 Å². The van der Waals surface area contributed by atoms with Crippen LogP contribution >= 0.6 is 0 Å². The first-order valence-corrected chi connectivity index (χ1v) is 9.73. The summed E-state index contributed by atoms with van der Waals surface area (Å²) in [4.78, 5) is 2.83. The normalized spacial score (nSPS) is 46.1. The van der Waals surface area contributed by atoms with Gasteiger partial charge in [-0.3, -0.25) is 0 Å². The Balaban J connectivity index is 1.21. The fourth-order valence-corrected chi connectivity index (χ4v) is 7.26. The third-order valence-electron chi connectivity index (χ3n) is 8.60. The first-order valence-electron chi connectivity index (χ1n) is 9.73. The lowest BCUT2D eigenvalue weighted by Crippen LogP contribution is -2.56. The van der Waals surface area contributed by atoms with Crippen LogP contribution in [0, 0.1) is 17.3 Å². The number of likely N-dealkylation sites (tertiary alicyclic amines) is 1. The Morgan fingerprint density at radius 2 is 1.83 bits per heavy atom. The van der Waals surface area contributed by atoms with E-state index in [-0.39, 0.29) is 11.5 Å². The SMILES string of the molecule is OC1CC2(CCN([C@@H]3CC45C[C@@H]4CC[C@@H]35)CC2)c2ccccc21. The Morgan fingerprint density at radius 1 is 1.00 bits per heavy atom. The minimum Gasteiger partial charge on any atom is -0.388 e. The molecule has 122 valence electrons. The van der Waals surface area contributed by atoms with Gasteiger partial charge in [-0.05, 0) is 86.4 Å². The van der Waals surface area contributed by atoms with Crippen molar-refractivity contribution in [2.24, 2.45) is 17.3 Å². The lowest BCUT2D eigenvalue weighted by atomic mass is 9.65. The van der Waals surface area contributed by atoms with Gasteiger partial charge in [0.05, 0.1) is 6.10 Å². The molecule has 0 amide bonds. The lowest BCUT2D eigenvalue weighted by molar-refractivity contribution is -0.0278. The molecule has 2 unspecified atom stereocenters. The molecule has 23 heavy (non-hydrogen) atoms. The van der Waals surface area contributed by atoms with Gasteiger partial charge in [0.2, 0.25) is 0 Å². The van der Waals surface area contributed by atoms with Gasteiger partial charge in [0, 0.05) is 11.5 Å². The van der Waals surface area contributed by atoms with Gasteiger partial charge in [-0.1, -0.05) is 24.3 Å².